The van der Waals surface area contributed by atoms with Crippen LogP contribution in [0, 0.1) is 12.7 Å². The fraction of sp³-hybridized carbons (Fsp3) is 0.357. The van der Waals surface area contributed by atoms with E-state index in [0.717, 1.165) is 5.56 Å². The average molecular weight is 267 g/mol. The summed E-state index contributed by atoms with van der Waals surface area (Å²) in [6, 6.07) is 5.09. The van der Waals surface area contributed by atoms with Crippen LogP contribution in [-0.4, -0.2) is 10.5 Å². The number of nitrogens with zero attached hydrogens (tertiary/aromatic N) is 1. The largest absolute Gasteiger partial charge is 0.325 e. The van der Waals surface area contributed by atoms with Gasteiger partial charge in [0.05, 0.1) is 5.02 Å². The summed E-state index contributed by atoms with van der Waals surface area (Å²) >= 11 is 6.14. The quantitative estimate of drug-likeness (QED) is 0.902. The SMILES string of the molecule is Cc1cc(Cl)c2cc(CC(C)(C)N)cc(F)c2n1. The Morgan fingerprint density at radius 3 is 2.61 bits per heavy atom. The number of halogens is 2. The van der Waals surface area contributed by atoms with Crippen molar-refractivity contribution in [3.63, 3.8) is 0 Å². The Morgan fingerprint density at radius 1 is 1.33 bits per heavy atom. The summed E-state index contributed by atoms with van der Waals surface area (Å²) in [6.07, 6.45) is 0.587. The van der Waals surface area contributed by atoms with Gasteiger partial charge in [0.15, 0.2) is 0 Å². The van der Waals surface area contributed by atoms with E-state index in [4.69, 9.17) is 17.3 Å². The van der Waals surface area contributed by atoms with Crippen LogP contribution in [0.5, 0.6) is 0 Å². The standard InChI is InChI=1S/C14H16ClFN2/c1-8-4-11(15)10-5-9(7-14(2,3)17)6-12(16)13(10)18-8/h4-6H,7,17H2,1-3H3. The van der Waals surface area contributed by atoms with E-state index in [2.05, 4.69) is 4.98 Å². The van der Waals surface area contributed by atoms with Gasteiger partial charge in [-0.25, -0.2) is 9.37 Å². The van der Waals surface area contributed by atoms with Crippen LogP contribution >= 0.6 is 11.6 Å². The number of benzene rings is 1. The monoisotopic (exact) mass is 266 g/mol. The number of hydrogen-bond acceptors (Lipinski definition) is 2. The van der Waals surface area contributed by atoms with E-state index in [1.54, 1.807) is 13.0 Å². The molecule has 2 rings (SSSR count). The average Bonchev–Trinajstić information content (AvgIpc) is 2.17. The Morgan fingerprint density at radius 2 is 2.00 bits per heavy atom. The van der Waals surface area contributed by atoms with Crippen LogP contribution in [-0.2, 0) is 6.42 Å². The molecule has 0 aliphatic heterocycles. The Kier molecular flexibility index (Phi) is 3.30. The molecule has 96 valence electrons. The summed E-state index contributed by atoms with van der Waals surface area (Å²) in [5, 5.41) is 1.16. The number of fused-ring (bicyclic) bond motifs is 1. The molecular weight excluding hydrogens is 251 g/mol. The molecule has 1 aromatic carbocycles. The number of hydrogen-bond donors (Lipinski definition) is 1. The molecule has 4 heteroatoms. The summed E-state index contributed by atoms with van der Waals surface area (Å²) in [7, 11) is 0. The Hall–Kier alpha value is -1.19. The highest BCUT2D eigenvalue weighted by Crippen LogP contribution is 2.27. The molecule has 1 aromatic heterocycles. The predicted molar refractivity (Wildman–Crippen MR) is 73.4 cm³/mol. The van der Waals surface area contributed by atoms with Crippen molar-refractivity contribution in [2.45, 2.75) is 32.7 Å². The lowest BCUT2D eigenvalue weighted by Gasteiger charge is -2.19. The molecule has 2 nitrogen and oxygen atoms in total. The Balaban J connectivity index is 2.62. The smallest absolute Gasteiger partial charge is 0.149 e. The van der Waals surface area contributed by atoms with E-state index >= 15 is 0 Å². The van der Waals surface area contributed by atoms with E-state index in [9.17, 15) is 4.39 Å². The lowest BCUT2D eigenvalue weighted by Crippen LogP contribution is -2.34. The number of pyridine rings is 1. The molecule has 0 aliphatic rings. The van der Waals surface area contributed by atoms with Gasteiger partial charge in [0, 0.05) is 16.6 Å². The highest BCUT2D eigenvalue weighted by atomic mass is 35.5. The van der Waals surface area contributed by atoms with Gasteiger partial charge in [0.2, 0.25) is 0 Å². The minimum Gasteiger partial charge on any atom is -0.325 e. The van der Waals surface area contributed by atoms with Crippen LogP contribution in [0.4, 0.5) is 4.39 Å². The molecule has 18 heavy (non-hydrogen) atoms. The lowest BCUT2D eigenvalue weighted by atomic mass is 9.95. The second-order valence-electron chi connectivity index (χ2n) is 5.38. The van der Waals surface area contributed by atoms with Crippen molar-refractivity contribution < 1.29 is 4.39 Å². The van der Waals surface area contributed by atoms with Gasteiger partial charge >= 0.3 is 0 Å². The highest BCUT2D eigenvalue weighted by Gasteiger charge is 2.15. The topological polar surface area (TPSA) is 38.9 Å². The maximum Gasteiger partial charge on any atom is 0.149 e. The van der Waals surface area contributed by atoms with Crippen molar-refractivity contribution in [3.05, 3.63) is 40.3 Å². The van der Waals surface area contributed by atoms with Gasteiger partial charge in [-0.15, -0.1) is 0 Å². The van der Waals surface area contributed by atoms with Gasteiger partial charge in [0.1, 0.15) is 11.3 Å². The fourth-order valence-corrected chi connectivity index (χ4v) is 2.35. The molecule has 0 fully saturated rings. The van der Waals surface area contributed by atoms with Crippen molar-refractivity contribution in [2.75, 3.05) is 0 Å². The summed E-state index contributed by atoms with van der Waals surface area (Å²) < 4.78 is 14.0. The summed E-state index contributed by atoms with van der Waals surface area (Å²) in [4.78, 5) is 4.18. The first-order valence-corrected chi connectivity index (χ1v) is 6.18. The Labute approximate surface area is 111 Å². The molecule has 0 amide bonds. The molecule has 2 N–H and O–H groups in total. The van der Waals surface area contributed by atoms with Crippen LogP contribution < -0.4 is 5.73 Å². The van der Waals surface area contributed by atoms with Crippen LogP contribution in [0.3, 0.4) is 0 Å². The van der Waals surface area contributed by atoms with Gasteiger partial charge in [-0.2, -0.15) is 0 Å². The molecule has 2 aromatic rings. The summed E-state index contributed by atoms with van der Waals surface area (Å²) in [5.41, 5.74) is 7.43. The number of aromatic nitrogens is 1. The third kappa shape index (κ3) is 2.79. The van der Waals surface area contributed by atoms with Crippen molar-refractivity contribution in [2.24, 2.45) is 5.73 Å². The molecule has 0 saturated carbocycles. The van der Waals surface area contributed by atoms with Gasteiger partial charge in [-0.05, 0) is 51.0 Å². The van der Waals surface area contributed by atoms with Crippen molar-refractivity contribution in [1.82, 2.24) is 4.98 Å². The first-order chi connectivity index (χ1) is 8.26. The molecule has 0 atom stereocenters. The molecule has 0 saturated heterocycles. The molecule has 0 bridgehead atoms. The van der Waals surface area contributed by atoms with Crippen molar-refractivity contribution in [1.29, 1.82) is 0 Å². The van der Waals surface area contributed by atoms with E-state index in [1.165, 1.54) is 6.07 Å². The van der Waals surface area contributed by atoms with E-state index < -0.39 is 0 Å². The number of rotatable bonds is 2. The third-order valence-electron chi connectivity index (χ3n) is 2.66. The zero-order chi connectivity index (χ0) is 13.5. The van der Waals surface area contributed by atoms with E-state index in [0.29, 0.717) is 28.0 Å². The maximum absolute atomic E-state index is 14.0. The third-order valence-corrected chi connectivity index (χ3v) is 2.98. The second kappa shape index (κ2) is 4.48. The van der Waals surface area contributed by atoms with Crippen LogP contribution in [0.1, 0.15) is 25.1 Å². The van der Waals surface area contributed by atoms with Crippen LogP contribution in [0.15, 0.2) is 18.2 Å². The minimum absolute atomic E-state index is 0.318. The van der Waals surface area contributed by atoms with E-state index in [-0.39, 0.29) is 11.4 Å². The number of nitrogens with two attached hydrogens (primary N) is 1. The van der Waals surface area contributed by atoms with Crippen molar-refractivity contribution in [3.8, 4) is 0 Å². The first kappa shape index (κ1) is 13.2. The predicted octanol–water partition coefficient (Wildman–Crippen LogP) is 3.62. The Bertz CT molecular complexity index is 603. The zero-order valence-electron chi connectivity index (χ0n) is 10.7. The zero-order valence-corrected chi connectivity index (χ0v) is 11.5. The maximum atomic E-state index is 14.0. The molecular formula is C14H16ClFN2. The van der Waals surface area contributed by atoms with Crippen LogP contribution in [0.2, 0.25) is 5.02 Å². The highest BCUT2D eigenvalue weighted by molar-refractivity contribution is 6.35. The summed E-state index contributed by atoms with van der Waals surface area (Å²) in [6.45, 7) is 5.61. The van der Waals surface area contributed by atoms with Crippen LogP contribution in [0.25, 0.3) is 10.9 Å². The molecule has 0 radical (unpaired) electrons. The molecule has 1 heterocycles. The van der Waals surface area contributed by atoms with Gasteiger partial charge in [0.25, 0.3) is 0 Å². The molecule has 0 aliphatic carbocycles. The second-order valence-corrected chi connectivity index (χ2v) is 5.79. The normalized spacial score (nSPS) is 12.1. The van der Waals surface area contributed by atoms with E-state index in [1.807, 2.05) is 19.9 Å². The van der Waals surface area contributed by atoms with Crippen molar-refractivity contribution >= 4 is 22.5 Å². The molecule has 0 spiro atoms. The van der Waals surface area contributed by atoms with Gasteiger partial charge in [-0.3, -0.25) is 0 Å². The number of aryl methyl sites for hydroxylation is 1. The minimum atomic E-state index is -0.384. The first-order valence-electron chi connectivity index (χ1n) is 5.80. The molecule has 0 unspecified atom stereocenters. The fourth-order valence-electron chi connectivity index (χ4n) is 2.05. The van der Waals surface area contributed by atoms with Gasteiger partial charge < -0.3 is 5.73 Å². The van der Waals surface area contributed by atoms with Gasteiger partial charge in [-0.1, -0.05) is 11.6 Å². The lowest BCUT2D eigenvalue weighted by molar-refractivity contribution is 0.515. The summed E-state index contributed by atoms with van der Waals surface area (Å²) in [5.74, 6) is -0.350.